The Morgan fingerprint density at radius 3 is 1.39 bits per heavy atom. The number of imidazole rings is 3. The van der Waals surface area contributed by atoms with E-state index in [2.05, 4.69) is 15.0 Å². The molecule has 8 saturated carbocycles. The summed E-state index contributed by atoms with van der Waals surface area (Å²) >= 11 is 0. The molecular formula is C32H36N6O6. The van der Waals surface area contributed by atoms with Gasteiger partial charge in [-0.2, -0.15) is 0 Å². The molecule has 44 heavy (non-hydrogen) atoms. The van der Waals surface area contributed by atoms with E-state index >= 15 is 0 Å². The van der Waals surface area contributed by atoms with Crippen LogP contribution in [0.15, 0.2) is 56.2 Å². The van der Waals surface area contributed by atoms with Crippen LogP contribution in [0, 0.1) is 46.3 Å². The Balaban J connectivity index is 0.000000109. The molecule has 230 valence electrons. The second-order valence-electron chi connectivity index (χ2n) is 13.9. The molecule has 1 N–H and O–H groups in total. The van der Waals surface area contributed by atoms with Gasteiger partial charge in [-0.3, -0.25) is 32.9 Å². The first-order chi connectivity index (χ1) is 21.2. The molecule has 12 nitrogen and oxygen atoms in total. The van der Waals surface area contributed by atoms with Crippen LogP contribution in [0.1, 0.15) is 69.0 Å². The van der Waals surface area contributed by atoms with Crippen molar-refractivity contribution in [3.05, 3.63) is 56.2 Å². The number of carboxylic acid groups (broad SMARTS) is 1. The highest BCUT2D eigenvalue weighted by atomic mass is 16.4. The minimum absolute atomic E-state index is 0.0809. The molecule has 0 saturated heterocycles. The average molecular weight is 601 g/mol. The maximum absolute atomic E-state index is 12.7. The predicted octanol–water partition coefficient (Wildman–Crippen LogP) is 3.98. The first-order valence-corrected chi connectivity index (χ1v) is 15.5. The fraction of sp³-hybridized carbons (Fsp3) is 0.562. The summed E-state index contributed by atoms with van der Waals surface area (Å²) in [4.78, 5) is 70.7. The number of nitrogens with zero attached hydrogens (tertiary/aromatic N) is 6. The van der Waals surface area contributed by atoms with Gasteiger partial charge in [-0.15, -0.1) is 0 Å². The summed E-state index contributed by atoms with van der Waals surface area (Å²) in [7, 11) is 0. The van der Waals surface area contributed by atoms with Crippen LogP contribution in [0.4, 0.5) is 4.79 Å². The number of hydrogen-bond donors (Lipinski definition) is 1. The number of carboxylic acids is 1. The van der Waals surface area contributed by atoms with Crippen LogP contribution >= 0.6 is 0 Å². The molecule has 4 atom stereocenters. The first-order valence-electron chi connectivity index (χ1n) is 15.5. The van der Waals surface area contributed by atoms with Gasteiger partial charge >= 0.3 is 12.0 Å². The van der Waals surface area contributed by atoms with E-state index < -0.39 is 11.4 Å². The molecule has 8 aliphatic rings. The van der Waals surface area contributed by atoms with Crippen LogP contribution in [-0.4, -0.2) is 63.2 Å². The fourth-order valence-electron chi connectivity index (χ4n) is 9.55. The molecule has 0 spiro atoms. The van der Waals surface area contributed by atoms with E-state index in [-0.39, 0.29) is 41.0 Å². The van der Waals surface area contributed by atoms with Crippen LogP contribution in [0.25, 0.3) is 0 Å². The monoisotopic (exact) mass is 600 g/mol. The Kier molecular flexibility index (Phi) is 6.97. The van der Waals surface area contributed by atoms with Gasteiger partial charge in [0.15, 0.2) is 0 Å². The highest BCUT2D eigenvalue weighted by Gasteiger charge is 2.59. The second-order valence-corrected chi connectivity index (χ2v) is 13.9. The largest absolute Gasteiger partial charge is 0.481 e. The van der Waals surface area contributed by atoms with Crippen molar-refractivity contribution >= 4 is 29.5 Å². The smallest absolute Gasteiger partial charge is 0.338 e. The number of Topliss-reactive ketones (excluding diaryl/α,β-unsaturated/α-hetero) is 2. The third-order valence-corrected chi connectivity index (χ3v) is 11.1. The molecule has 0 amide bonds. The summed E-state index contributed by atoms with van der Waals surface area (Å²) in [6, 6.07) is -0.190. The van der Waals surface area contributed by atoms with Crippen molar-refractivity contribution in [2.45, 2.75) is 64.2 Å². The van der Waals surface area contributed by atoms with Gasteiger partial charge in [0, 0.05) is 60.9 Å². The maximum atomic E-state index is 12.7. The molecule has 0 aromatic carbocycles. The number of carbonyl (C=O) groups excluding carboxylic acids is 4. The Bertz CT molecular complexity index is 1510. The van der Waals surface area contributed by atoms with Crippen molar-refractivity contribution in [1.29, 1.82) is 0 Å². The van der Waals surface area contributed by atoms with Gasteiger partial charge in [-0.25, -0.2) is 19.7 Å². The summed E-state index contributed by atoms with van der Waals surface area (Å²) < 4.78 is 4.36. The maximum Gasteiger partial charge on any atom is 0.338 e. The summed E-state index contributed by atoms with van der Waals surface area (Å²) in [5, 5.41) is 9.25. The zero-order chi connectivity index (χ0) is 30.6. The molecule has 3 aromatic rings. The quantitative estimate of drug-likeness (QED) is 0.459. The van der Waals surface area contributed by atoms with Crippen LogP contribution in [0.2, 0.25) is 0 Å². The lowest BCUT2D eigenvalue weighted by Crippen LogP contribution is -2.55. The molecule has 8 aliphatic carbocycles. The van der Waals surface area contributed by atoms with Crippen LogP contribution in [-0.2, 0) is 14.4 Å². The Morgan fingerprint density at radius 2 is 1.00 bits per heavy atom. The van der Waals surface area contributed by atoms with E-state index in [1.54, 1.807) is 48.1 Å². The van der Waals surface area contributed by atoms with Gasteiger partial charge < -0.3 is 5.11 Å². The Hall–Kier alpha value is -4.22. The molecule has 11 rings (SSSR count). The number of carbonyl (C=O) groups is 5. The van der Waals surface area contributed by atoms with E-state index in [4.69, 9.17) is 0 Å². The molecule has 3 heterocycles. The number of rotatable bonds is 2. The lowest BCUT2D eigenvalue weighted by molar-refractivity contribution is -0.169. The van der Waals surface area contributed by atoms with E-state index in [1.807, 2.05) is 0 Å². The highest BCUT2D eigenvalue weighted by molar-refractivity contribution is 5.92. The minimum atomic E-state index is -0.663. The topological polar surface area (TPSA) is 159 Å². The molecule has 8 fully saturated rings. The average Bonchev–Trinajstić information content (AvgIpc) is 3.82. The summed E-state index contributed by atoms with van der Waals surface area (Å²) in [6.07, 6.45) is 22.7. The van der Waals surface area contributed by atoms with Gasteiger partial charge in [0.1, 0.15) is 30.5 Å². The summed E-state index contributed by atoms with van der Waals surface area (Å²) in [5.74, 6) is 1.87. The molecule has 0 aliphatic heterocycles. The lowest BCUT2D eigenvalue weighted by Gasteiger charge is -2.54. The van der Waals surface area contributed by atoms with Crippen molar-refractivity contribution in [1.82, 2.24) is 28.7 Å². The summed E-state index contributed by atoms with van der Waals surface area (Å²) in [5.41, 5.74) is -0.796. The van der Waals surface area contributed by atoms with E-state index in [1.165, 1.54) is 21.8 Å². The Morgan fingerprint density at radius 1 is 0.614 bits per heavy atom. The third-order valence-electron chi connectivity index (χ3n) is 11.1. The van der Waals surface area contributed by atoms with E-state index in [0.717, 1.165) is 51.4 Å². The number of aromatic nitrogens is 6. The van der Waals surface area contributed by atoms with Crippen molar-refractivity contribution in [2.24, 2.45) is 46.3 Å². The van der Waals surface area contributed by atoms with E-state index in [0.29, 0.717) is 36.2 Å². The van der Waals surface area contributed by atoms with Crippen LogP contribution < -0.4 is 0 Å². The second kappa shape index (κ2) is 10.7. The van der Waals surface area contributed by atoms with Gasteiger partial charge in [0.2, 0.25) is 5.91 Å². The number of hydrogen-bond acceptors (Lipinski definition) is 8. The normalized spacial score (nSPS) is 35.5. The number of aliphatic carboxylic acids is 1. The zero-order valence-electron chi connectivity index (χ0n) is 24.4. The highest BCUT2D eigenvalue weighted by Crippen LogP contribution is 2.60. The fourth-order valence-corrected chi connectivity index (χ4v) is 9.55. The molecule has 4 unspecified atom stereocenters. The van der Waals surface area contributed by atoms with Gasteiger partial charge in [0.25, 0.3) is 0 Å². The van der Waals surface area contributed by atoms with Crippen molar-refractivity contribution in [3.63, 3.8) is 0 Å². The standard InChI is InChI=1S/C14H16N2O2.C11H14O3.C7H6N4O/c17-12-10-3-9-4-11(12)7-14(5-9,6-10)13(18)16-2-1-15-8-16;12-9-7-1-6-2-8(9)5-11(3-6,4-7)10(13)14;12-7(10-3-1-8-5-10)11-4-2-9-6-11/h1-2,8-11H,3-7H2;6-8H,1-5H2,(H,13,14);1-6H. The van der Waals surface area contributed by atoms with Gasteiger partial charge in [-0.05, 0) is 76.0 Å². The first kappa shape index (κ1) is 28.5. The van der Waals surface area contributed by atoms with Gasteiger partial charge in [0.05, 0.1) is 10.8 Å². The molecular weight excluding hydrogens is 564 g/mol. The lowest BCUT2D eigenvalue weighted by atomic mass is 9.49. The summed E-state index contributed by atoms with van der Waals surface area (Å²) in [6.45, 7) is 0. The van der Waals surface area contributed by atoms with Crippen LogP contribution in [0.3, 0.4) is 0 Å². The zero-order valence-corrected chi connectivity index (χ0v) is 24.4. The van der Waals surface area contributed by atoms with Crippen LogP contribution in [0.5, 0.6) is 0 Å². The third kappa shape index (κ3) is 4.84. The SMILES string of the molecule is O=C(n1ccnc1)n1ccnc1.O=C1C2CC3CC1CC(C(=O)O)(C3)C2.O=C1C2CC3CC1CC(C(=O)n1ccnc1)(C3)C2. The molecule has 8 bridgehead atoms. The Labute approximate surface area is 253 Å². The van der Waals surface area contributed by atoms with Crippen molar-refractivity contribution < 1.29 is 29.1 Å². The van der Waals surface area contributed by atoms with Crippen molar-refractivity contribution in [3.8, 4) is 0 Å². The molecule has 12 heteroatoms. The van der Waals surface area contributed by atoms with Crippen molar-refractivity contribution in [2.75, 3.05) is 0 Å². The molecule has 0 radical (unpaired) electrons. The molecule has 3 aromatic heterocycles. The van der Waals surface area contributed by atoms with Gasteiger partial charge in [-0.1, -0.05) is 0 Å². The number of ketones is 2. The van der Waals surface area contributed by atoms with E-state index in [9.17, 15) is 29.1 Å². The minimum Gasteiger partial charge on any atom is -0.481 e. The predicted molar refractivity (Wildman–Crippen MR) is 153 cm³/mol.